The molecule has 0 spiro atoms. The molecule has 0 radical (unpaired) electrons. The van der Waals surface area contributed by atoms with Gasteiger partial charge in [0.05, 0.1) is 0 Å². The summed E-state index contributed by atoms with van der Waals surface area (Å²) in [6.07, 6.45) is 3.11. The van der Waals surface area contributed by atoms with Crippen LogP contribution in [-0.4, -0.2) is 28.6 Å². The van der Waals surface area contributed by atoms with Gasteiger partial charge in [0, 0.05) is 32.2 Å². The summed E-state index contributed by atoms with van der Waals surface area (Å²) in [5.74, 6) is -0.730. The van der Waals surface area contributed by atoms with E-state index in [1.807, 2.05) is 18.4 Å². The van der Waals surface area contributed by atoms with Gasteiger partial charge in [-0.2, -0.15) is 0 Å². The summed E-state index contributed by atoms with van der Waals surface area (Å²) in [6, 6.07) is 12.2. The van der Waals surface area contributed by atoms with Gasteiger partial charge >= 0.3 is 6.09 Å². The number of hydrogen-bond acceptors (Lipinski definition) is 6. The second-order valence-electron chi connectivity index (χ2n) is 5.56. The quantitative estimate of drug-likeness (QED) is 0.143. The molecule has 7 nitrogen and oxygen atoms in total. The van der Waals surface area contributed by atoms with Crippen LogP contribution in [0.3, 0.4) is 0 Å². The van der Waals surface area contributed by atoms with Crippen molar-refractivity contribution in [1.29, 1.82) is 0 Å². The topological polar surface area (TPSA) is 108 Å². The maximum Gasteiger partial charge on any atom is 0.412 e. The lowest BCUT2D eigenvalue weighted by atomic mass is 10.0. The predicted molar refractivity (Wildman–Crippen MR) is 116 cm³/mol. The summed E-state index contributed by atoms with van der Waals surface area (Å²) in [4.78, 5) is 24.5. The summed E-state index contributed by atoms with van der Waals surface area (Å²) in [6.45, 7) is 0. The minimum Gasteiger partial charge on any atom is -0.508 e. The van der Waals surface area contributed by atoms with Gasteiger partial charge in [0.1, 0.15) is 11.9 Å². The van der Waals surface area contributed by atoms with E-state index in [-0.39, 0.29) is 12.2 Å². The first-order valence-corrected chi connectivity index (χ1v) is 10.4. The number of nitrogens with one attached hydrogen (secondary N) is 2. The number of ether oxygens (including phenoxy) is 1. The summed E-state index contributed by atoms with van der Waals surface area (Å²) in [5.41, 5.74) is 2.47. The number of carbonyl (C=O) groups excluding carboxylic acids is 2. The van der Waals surface area contributed by atoms with Crippen molar-refractivity contribution in [3.05, 3.63) is 63.8 Å². The van der Waals surface area contributed by atoms with Crippen LogP contribution in [0.25, 0.3) is 0 Å². The summed E-state index contributed by atoms with van der Waals surface area (Å²) < 4.78 is 6.34. The number of phenolic OH excluding ortho intramolecular Hbond substituents is 1. The van der Waals surface area contributed by atoms with Gasteiger partial charge in [-0.15, -0.1) is 11.8 Å². The molecule has 0 bridgehead atoms. The highest BCUT2D eigenvalue weighted by molar-refractivity contribution is 14.1. The zero-order valence-electron chi connectivity index (χ0n) is 14.9. The highest BCUT2D eigenvalue weighted by atomic mass is 127. The number of halogens is 1. The monoisotopic (exact) mass is 514 g/mol. The molecule has 2 aromatic rings. The number of rotatable bonds is 7. The van der Waals surface area contributed by atoms with Gasteiger partial charge in [0.15, 0.2) is 0 Å². The summed E-state index contributed by atoms with van der Waals surface area (Å²) in [5, 5.41) is 21.4. The zero-order chi connectivity index (χ0) is 20.5. The van der Waals surface area contributed by atoms with E-state index in [9.17, 15) is 14.7 Å². The molecule has 1 atom stereocenters. The molecule has 2 aromatic carbocycles. The molecule has 9 heteroatoms. The lowest BCUT2D eigenvalue weighted by molar-refractivity contribution is -0.124. The van der Waals surface area contributed by atoms with Crippen molar-refractivity contribution in [3.8, 4) is 5.75 Å². The van der Waals surface area contributed by atoms with Crippen LogP contribution in [-0.2, 0) is 9.53 Å². The fourth-order valence-electron chi connectivity index (χ4n) is 2.31. The molecule has 0 aliphatic heterocycles. The number of aromatic hydroxyl groups is 1. The zero-order valence-corrected chi connectivity index (χ0v) is 17.9. The fourth-order valence-corrected chi connectivity index (χ4v) is 3.23. The van der Waals surface area contributed by atoms with Gasteiger partial charge in [-0.1, -0.05) is 6.08 Å². The normalized spacial score (nSPS) is 11.8. The van der Waals surface area contributed by atoms with E-state index in [0.717, 1.165) is 14.5 Å². The standard InChI is InChI=1S/C19H19IN2O5S/c1-28-14-8-6-13(7-9-14)21-19(25)27-17(3-2-4-18(24)22-26)15-11-12(20)5-10-16(15)23/h2,4-11,17,23,26H,3H2,1H3,(H,21,25)(H,22,24)/b4-2+/t17-/m1/s1. The van der Waals surface area contributed by atoms with E-state index in [0.29, 0.717) is 11.3 Å². The second-order valence-corrected chi connectivity index (χ2v) is 7.69. The Morgan fingerprint density at radius 1 is 1.25 bits per heavy atom. The highest BCUT2D eigenvalue weighted by Crippen LogP contribution is 2.31. The molecule has 0 saturated carbocycles. The van der Waals surface area contributed by atoms with E-state index >= 15 is 0 Å². The molecule has 0 unspecified atom stereocenters. The maximum atomic E-state index is 12.3. The Morgan fingerprint density at radius 2 is 1.96 bits per heavy atom. The molecule has 0 aliphatic rings. The molecule has 0 fully saturated rings. The molecule has 0 aliphatic carbocycles. The average Bonchev–Trinajstić information content (AvgIpc) is 2.69. The van der Waals surface area contributed by atoms with Crippen molar-refractivity contribution in [2.24, 2.45) is 0 Å². The predicted octanol–water partition coefficient (Wildman–Crippen LogP) is 4.46. The average molecular weight is 514 g/mol. The SMILES string of the molecule is CSc1ccc(NC(=O)O[C@H](C/C=C/C(=O)NO)c2cc(I)ccc2O)cc1. The number of hydroxylamine groups is 1. The lowest BCUT2D eigenvalue weighted by Crippen LogP contribution is -2.18. The van der Waals surface area contributed by atoms with Crippen LogP contribution in [0.2, 0.25) is 0 Å². The van der Waals surface area contributed by atoms with Crippen LogP contribution in [0, 0.1) is 3.57 Å². The molecule has 0 aromatic heterocycles. The Balaban J connectivity index is 2.15. The van der Waals surface area contributed by atoms with Crippen molar-refractivity contribution in [2.45, 2.75) is 17.4 Å². The van der Waals surface area contributed by atoms with E-state index in [1.54, 1.807) is 36.0 Å². The Hall–Kier alpha value is -2.24. The van der Waals surface area contributed by atoms with Crippen LogP contribution in [0.5, 0.6) is 5.75 Å². The van der Waals surface area contributed by atoms with Gasteiger partial charge in [0.2, 0.25) is 0 Å². The van der Waals surface area contributed by atoms with Crippen LogP contribution in [0.4, 0.5) is 10.5 Å². The number of thioether (sulfide) groups is 1. The summed E-state index contributed by atoms with van der Waals surface area (Å²) >= 11 is 3.67. The second kappa shape index (κ2) is 10.9. The smallest absolute Gasteiger partial charge is 0.412 e. The van der Waals surface area contributed by atoms with Crippen molar-refractivity contribution < 1.29 is 24.6 Å². The van der Waals surface area contributed by atoms with Crippen molar-refractivity contribution >= 4 is 52.0 Å². The molecule has 4 N–H and O–H groups in total. The van der Waals surface area contributed by atoms with E-state index < -0.39 is 18.1 Å². The fraction of sp³-hybridized carbons (Fsp3) is 0.158. The first-order chi connectivity index (χ1) is 13.4. The van der Waals surface area contributed by atoms with E-state index in [4.69, 9.17) is 9.94 Å². The van der Waals surface area contributed by atoms with Crippen molar-refractivity contribution in [1.82, 2.24) is 5.48 Å². The van der Waals surface area contributed by atoms with Gasteiger partial charge < -0.3 is 9.84 Å². The number of amides is 2. The Labute approximate surface area is 180 Å². The number of anilines is 1. The number of carbonyl (C=O) groups is 2. The van der Waals surface area contributed by atoms with E-state index in [2.05, 4.69) is 27.9 Å². The van der Waals surface area contributed by atoms with Crippen LogP contribution >= 0.6 is 34.4 Å². The van der Waals surface area contributed by atoms with Gasteiger partial charge in [-0.25, -0.2) is 10.3 Å². The third-order valence-electron chi connectivity index (χ3n) is 3.65. The van der Waals surface area contributed by atoms with Crippen LogP contribution in [0.1, 0.15) is 18.1 Å². The molecule has 28 heavy (non-hydrogen) atoms. The Morgan fingerprint density at radius 3 is 2.61 bits per heavy atom. The molecular weight excluding hydrogens is 495 g/mol. The minimum absolute atomic E-state index is 0.0254. The van der Waals surface area contributed by atoms with E-state index in [1.165, 1.54) is 17.6 Å². The summed E-state index contributed by atoms with van der Waals surface area (Å²) in [7, 11) is 0. The molecule has 148 valence electrons. The first-order valence-electron chi connectivity index (χ1n) is 8.13. The lowest BCUT2D eigenvalue weighted by Gasteiger charge is -2.19. The molecular formula is C19H19IN2O5S. The largest absolute Gasteiger partial charge is 0.508 e. The van der Waals surface area contributed by atoms with Gasteiger partial charge in [0.25, 0.3) is 5.91 Å². The van der Waals surface area contributed by atoms with Crippen molar-refractivity contribution in [2.75, 3.05) is 11.6 Å². The molecule has 2 amide bonds. The number of phenols is 1. The van der Waals surface area contributed by atoms with Crippen LogP contribution in [0.15, 0.2) is 59.5 Å². The molecule has 0 saturated heterocycles. The first kappa shape index (κ1) is 22.1. The number of benzene rings is 2. The highest BCUT2D eigenvalue weighted by Gasteiger charge is 2.20. The van der Waals surface area contributed by atoms with Gasteiger partial charge in [-0.05, 0) is 71.3 Å². The maximum absolute atomic E-state index is 12.3. The Kier molecular flexibility index (Phi) is 8.61. The number of hydrogen-bond donors (Lipinski definition) is 4. The van der Waals surface area contributed by atoms with Crippen molar-refractivity contribution in [3.63, 3.8) is 0 Å². The third kappa shape index (κ3) is 6.73. The molecule has 0 heterocycles. The third-order valence-corrected chi connectivity index (χ3v) is 5.07. The molecule has 2 rings (SSSR count). The Bertz CT molecular complexity index is 858. The minimum atomic E-state index is -0.831. The van der Waals surface area contributed by atoms with Gasteiger partial charge in [-0.3, -0.25) is 15.3 Å². The van der Waals surface area contributed by atoms with Crippen LogP contribution < -0.4 is 10.8 Å².